The van der Waals surface area contributed by atoms with E-state index in [0.717, 1.165) is 6.54 Å². The average Bonchev–Trinajstić information content (AvgIpc) is 2.23. The number of nitrogens with zero attached hydrogens (tertiary/aromatic N) is 1. The predicted octanol–water partition coefficient (Wildman–Crippen LogP) is 2.15. The number of ketones is 1. The van der Waals surface area contributed by atoms with Crippen LogP contribution in [0, 0.1) is 5.41 Å². The van der Waals surface area contributed by atoms with Gasteiger partial charge in [0.15, 0.2) is 0 Å². The van der Waals surface area contributed by atoms with Crippen LogP contribution >= 0.6 is 0 Å². The van der Waals surface area contributed by atoms with E-state index in [1.165, 1.54) is 32.1 Å². The Balaban J connectivity index is 1.93. The minimum Gasteiger partial charge on any atom is -0.341 e. The van der Waals surface area contributed by atoms with Gasteiger partial charge in [0.2, 0.25) is 5.91 Å². The molecule has 3 nitrogen and oxygen atoms in total. The summed E-state index contributed by atoms with van der Waals surface area (Å²) >= 11 is 0. The second-order valence-electron chi connectivity index (χ2n) is 5.65. The van der Waals surface area contributed by atoms with Gasteiger partial charge in [-0.25, -0.2) is 0 Å². The number of hydrogen-bond donors (Lipinski definition) is 0. The lowest BCUT2D eigenvalue weighted by Gasteiger charge is -2.39. The fourth-order valence-corrected chi connectivity index (χ4v) is 2.94. The second kappa shape index (κ2) is 4.56. The van der Waals surface area contributed by atoms with Crippen LogP contribution in [0.3, 0.4) is 0 Å². The van der Waals surface area contributed by atoms with Crippen LogP contribution in [0.1, 0.15) is 51.9 Å². The molecular weight excluding hydrogens is 202 g/mol. The van der Waals surface area contributed by atoms with Crippen LogP contribution in [0.4, 0.5) is 0 Å². The standard InChI is InChI=1S/C13H21NO2/c1-13(6-3-2-4-7-13)10-14-8-5-11(15)9-12(14)16/h2-10H2,1H3. The highest BCUT2D eigenvalue weighted by atomic mass is 16.2. The summed E-state index contributed by atoms with van der Waals surface area (Å²) in [4.78, 5) is 24.8. The van der Waals surface area contributed by atoms with Gasteiger partial charge >= 0.3 is 0 Å². The molecule has 0 spiro atoms. The molecule has 0 N–H and O–H groups in total. The second-order valence-corrected chi connectivity index (χ2v) is 5.65. The number of likely N-dealkylation sites (tertiary alicyclic amines) is 1. The monoisotopic (exact) mass is 223 g/mol. The molecule has 2 aliphatic rings. The summed E-state index contributed by atoms with van der Waals surface area (Å²) in [7, 11) is 0. The predicted molar refractivity (Wildman–Crippen MR) is 62.0 cm³/mol. The zero-order valence-corrected chi connectivity index (χ0v) is 10.1. The fraction of sp³-hybridized carbons (Fsp3) is 0.846. The maximum absolute atomic E-state index is 11.7. The maximum atomic E-state index is 11.7. The summed E-state index contributed by atoms with van der Waals surface area (Å²) in [6, 6.07) is 0. The van der Waals surface area contributed by atoms with Crippen LogP contribution in [0.2, 0.25) is 0 Å². The van der Waals surface area contributed by atoms with Crippen LogP contribution in [0.15, 0.2) is 0 Å². The van der Waals surface area contributed by atoms with Crippen molar-refractivity contribution in [2.24, 2.45) is 5.41 Å². The first-order valence-electron chi connectivity index (χ1n) is 6.39. The van der Waals surface area contributed by atoms with Crippen LogP contribution < -0.4 is 0 Å². The highest BCUT2D eigenvalue weighted by molar-refractivity contribution is 6.00. The van der Waals surface area contributed by atoms with Gasteiger partial charge in [0.25, 0.3) is 0 Å². The lowest BCUT2D eigenvalue weighted by atomic mass is 9.75. The molecule has 1 aliphatic carbocycles. The Bertz CT molecular complexity index is 292. The summed E-state index contributed by atoms with van der Waals surface area (Å²) < 4.78 is 0. The van der Waals surface area contributed by atoms with Crippen LogP contribution in [-0.4, -0.2) is 29.7 Å². The van der Waals surface area contributed by atoms with Crippen molar-refractivity contribution in [3.63, 3.8) is 0 Å². The van der Waals surface area contributed by atoms with E-state index in [4.69, 9.17) is 0 Å². The van der Waals surface area contributed by atoms with E-state index in [-0.39, 0.29) is 18.1 Å². The molecule has 0 radical (unpaired) electrons. The molecule has 16 heavy (non-hydrogen) atoms. The van der Waals surface area contributed by atoms with Crippen molar-refractivity contribution in [2.45, 2.75) is 51.9 Å². The number of amides is 1. The van der Waals surface area contributed by atoms with E-state index < -0.39 is 0 Å². The zero-order valence-electron chi connectivity index (χ0n) is 10.1. The van der Waals surface area contributed by atoms with Crippen LogP contribution in [0.5, 0.6) is 0 Å². The minimum atomic E-state index is 0.0445. The molecule has 0 atom stereocenters. The first-order chi connectivity index (χ1) is 7.59. The zero-order chi connectivity index (χ0) is 11.6. The Morgan fingerprint density at radius 2 is 1.88 bits per heavy atom. The highest BCUT2D eigenvalue weighted by Gasteiger charge is 2.33. The van der Waals surface area contributed by atoms with E-state index in [0.29, 0.717) is 18.4 Å². The molecule has 1 saturated heterocycles. The molecule has 1 amide bonds. The van der Waals surface area contributed by atoms with Gasteiger partial charge in [-0.3, -0.25) is 9.59 Å². The van der Waals surface area contributed by atoms with Gasteiger partial charge in [-0.05, 0) is 18.3 Å². The molecule has 1 aliphatic heterocycles. The molecule has 0 aromatic rings. The number of Topliss-reactive ketones (excluding diaryl/α,β-unsaturated/α-hetero) is 1. The Kier molecular flexibility index (Phi) is 3.31. The number of hydrogen-bond acceptors (Lipinski definition) is 2. The average molecular weight is 223 g/mol. The normalized spacial score (nSPS) is 25.9. The number of piperidine rings is 1. The van der Waals surface area contributed by atoms with Crippen LogP contribution in [-0.2, 0) is 9.59 Å². The van der Waals surface area contributed by atoms with Gasteiger partial charge in [-0.15, -0.1) is 0 Å². The van der Waals surface area contributed by atoms with Gasteiger partial charge < -0.3 is 4.90 Å². The van der Waals surface area contributed by atoms with Crippen LogP contribution in [0.25, 0.3) is 0 Å². The molecule has 0 bridgehead atoms. The molecule has 0 unspecified atom stereocenters. The van der Waals surface area contributed by atoms with Crippen molar-refractivity contribution in [1.29, 1.82) is 0 Å². The molecule has 90 valence electrons. The summed E-state index contributed by atoms with van der Waals surface area (Å²) in [5.74, 6) is 0.151. The number of rotatable bonds is 2. The first kappa shape index (κ1) is 11.6. The molecule has 2 rings (SSSR count). The van der Waals surface area contributed by atoms with E-state index >= 15 is 0 Å². The SMILES string of the molecule is CC1(CN2CCC(=O)CC2=O)CCCCC1. The van der Waals surface area contributed by atoms with E-state index in [1.54, 1.807) is 0 Å². The maximum Gasteiger partial charge on any atom is 0.230 e. The molecule has 0 aromatic carbocycles. The molecule has 1 saturated carbocycles. The molecule has 0 aromatic heterocycles. The van der Waals surface area contributed by atoms with Gasteiger partial charge in [0, 0.05) is 19.5 Å². The number of carbonyl (C=O) groups excluding carboxylic acids is 2. The quantitative estimate of drug-likeness (QED) is 0.673. The van der Waals surface area contributed by atoms with Crippen molar-refractivity contribution in [3.05, 3.63) is 0 Å². The third-order valence-electron chi connectivity index (χ3n) is 3.99. The lowest BCUT2D eigenvalue weighted by molar-refractivity contribution is -0.141. The summed E-state index contributed by atoms with van der Waals surface area (Å²) in [5, 5.41) is 0. The first-order valence-corrected chi connectivity index (χ1v) is 6.39. The third-order valence-corrected chi connectivity index (χ3v) is 3.99. The van der Waals surface area contributed by atoms with E-state index in [9.17, 15) is 9.59 Å². The lowest BCUT2D eigenvalue weighted by Crippen LogP contribution is -2.45. The van der Waals surface area contributed by atoms with Gasteiger partial charge in [-0.1, -0.05) is 26.2 Å². The summed E-state index contributed by atoms with van der Waals surface area (Å²) in [5.41, 5.74) is 0.300. The Morgan fingerprint density at radius 1 is 1.19 bits per heavy atom. The molecular formula is C13H21NO2. The topological polar surface area (TPSA) is 37.4 Å². The summed E-state index contributed by atoms with van der Waals surface area (Å²) in [6.45, 7) is 3.79. The van der Waals surface area contributed by atoms with Gasteiger partial charge in [-0.2, -0.15) is 0 Å². The van der Waals surface area contributed by atoms with Gasteiger partial charge in [0.05, 0.1) is 6.42 Å². The van der Waals surface area contributed by atoms with Crippen molar-refractivity contribution in [2.75, 3.05) is 13.1 Å². The van der Waals surface area contributed by atoms with Crippen molar-refractivity contribution >= 4 is 11.7 Å². The Labute approximate surface area is 97.2 Å². The molecule has 1 heterocycles. The third kappa shape index (κ3) is 2.63. The van der Waals surface area contributed by atoms with E-state index in [1.807, 2.05) is 4.90 Å². The molecule has 3 heteroatoms. The summed E-state index contributed by atoms with van der Waals surface area (Å²) in [6.07, 6.45) is 7.06. The Hall–Kier alpha value is -0.860. The highest BCUT2D eigenvalue weighted by Crippen LogP contribution is 2.36. The van der Waals surface area contributed by atoms with E-state index in [2.05, 4.69) is 6.92 Å². The molecule has 2 fully saturated rings. The number of carbonyl (C=O) groups is 2. The van der Waals surface area contributed by atoms with Gasteiger partial charge in [0.1, 0.15) is 5.78 Å². The fourth-order valence-electron chi connectivity index (χ4n) is 2.94. The minimum absolute atomic E-state index is 0.0445. The van der Waals surface area contributed by atoms with Crippen molar-refractivity contribution < 1.29 is 9.59 Å². The smallest absolute Gasteiger partial charge is 0.230 e. The van der Waals surface area contributed by atoms with Crippen molar-refractivity contribution in [3.8, 4) is 0 Å². The largest absolute Gasteiger partial charge is 0.341 e. The Morgan fingerprint density at radius 3 is 2.50 bits per heavy atom. The van der Waals surface area contributed by atoms with Crippen molar-refractivity contribution in [1.82, 2.24) is 4.90 Å².